The third-order valence-corrected chi connectivity index (χ3v) is 7.86. The number of benzene rings is 1. The smallest absolute Gasteiger partial charge is 0.316 e. The minimum Gasteiger partial charge on any atom is -0.395 e. The summed E-state index contributed by atoms with van der Waals surface area (Å²) in [6.07, 6.45) is 3.62. The van der Waals surface area contributed by atoms with Gasteiger partial charge >= 0.3 is 6.03 Å². The van der Waals surface area contributed by atoms with Gasteiger partial charge in [-0.05, 0) is 49.8 Å². The minimum atomic E-state index is -1.50. The van der Waals surface area contributed by atoms with Crippen LogP contribution < -0.4 is 16.2 Å². The molecule has 2 aliphatic carbocycles. The zero-order valence-corrected chi connectivity index (χ0v) is 19.5. The van der Waals surface area contributed by atoms with Gasteiger partial charge in [0.25, 0.3) is 0 Å². The molecule has 32 heavy (non-hydrogen) atoms. The molecule has 2 unspecified atom stereocenters. The first kappa shape index (κ1) is 25.0. The molecule has 1 aromatic heterocycles. The summed E-state index contributed by atoms with van der Waals surface area (Å²) in [5.41, 5.74) is 6.46. The zero-order valence-electron chi connectivity index (χ0n) is 17.8. The summed E-state index contributed by atoms with van der Waals surface area (Å²) in [4.78, 5) is 15.2. The van der Waals surface area contributed by atoms with E-state index in [1.165, 1.54) is 6.20 Å². The van der Waals surface area contributed by atoms with Crippen molar-refractivity contribution >= 4 is 57.6 Å². The highest BCUT2D eigenvalue weighted by atomic mass is 32.2. The number of rotatable bonds is 3. The second-order valence-corrected chi connectivity index (χ2v) is 10.9. The molecule has 1 heterocycles. The Labute approximate surface area is 197 Å². The van der Waals surface area contributed by atoms with Gasteiger partial charge in [0.15, 0.2) is 0 Å². The van der Waals surface area contributed by atoms with Crippen molar-refractivity contribution in [2.24, 2.45) is 10.9 Å². The van der Waals surface area contributed by atoms with E-state index >= 15 is 0 Å². The molecule has 4 rings (SSSR count). The number of nitrogens with two attached hydrogens (primary N) is 2. The molecule has 13 heteroatoms. The van der Waals surface area contributed by atoms with Crippen molar-refractivity contribution in [2.75, 3.05) is 5.32 Å². The molecular weight excluding hydrogens is 445 g/mol. The lowest BCUT2D eigenvalue weighted by Crippen LogP contribution is -2.27. The van der Waals surface area contributed by atoms with Gasteiger partial charge in [-0.3, -0.25) is 0 Å². The van der Waals surface area contributed by atoms with Crippen molar-refractivity contribution in [3.05, 3.63) is 39.5 Å². The summed E-state index contributed by atoms with van der Waals surface area (Å²) in [5.74, 6) is 0. The van der Waals surface area contributed by atoms with Crippen molar-refractivity contribution in [2.45, 2.75) is 60.1 Å². The minimum absolute atomic E-state index is 0.390. The summed E-state index contributed by atoms with van der Waals surface area (Å²) in [6.45, 7) is 3.24. The maximum atomic E-state index is 11.2. The summed E-state index contributed by atoms with van der Waals surface area (Å²) in [5, 5.41) is 27.1. The van der Waals surface area contributed by atoms with E-state index in [2.05, 4.69) is 10.3 Å². The Morgan fingerprint density at radius 3 is 2.34 bits per heavy atom. The number of primary amides is 1. The number of aliphatic hydroxyl groups is 2. The van der Waals surface area contributed by atoms with Crippen LogP contribution in [0.5, 0.6) is 0 Å². The van der Waals surface area contributed by atoms with Crippen LogP contribution in [-0.2, 0) is 40.1 Å². The molecule has 2 amide bonds. The first-order valence-electron chi connectivity index (χ1n) is 9.83. The molecule has 2 aliphatic rings. The van der Waals surface area contributed by atoms with Gasteiger partial charge in [-0.25, -0.2) is 19.1 Å². The Morgan fingerprint density at radius 1 is 1.25 bits per heavy atom. The van der Waals surface area contributed by atoms with Crippen molar-refractivity contribution < 1.29 is 19.2 Å². The molecule has 0 saturated carbocycles. The number of hydrogen-bond donors (Lipinski definition) is 5. The fourth-order valence-corrected chi connectivity index (χ4v) is 5.29. The van der Waals surface area contributed by atoms with Gasteiger partial charge in [-0.2, -0.15) is 0 Å². The standard InChI is InChI=1S/C13H13B3N2O2.C6H10N2O2S2/c14-12(15)3-1-6-8(12)5-9-7(2-4-13(9,16)20)10(6)18-11(17)19;1-6(2,9)5-8-3-4(11-5)12(7)10/h5,20H,1-4H2,(H3,17,18,19);3,9H,7H2,1-2H3. The lowest BCUT2D eigenvalue weighted by Gasteiger charge is -2.26. The second kappa shape index (κ2) is 8.60. The average Bonchev–Trinajstić information content (AvgIpc) is 3.33. The summed E-state index contributed by atoms with van der Waals surface area (Å²) < 4.78 is 11.2. The first-order valence-corrected chi connectivity index (χ1v) is 11.9. The monoisotopic (exact) mass is 468 g/mol. The Kier molecular flexibility index (Phi) is 6.72. The number of nitrogens with zero attached hydrogens (tertiary/aromatic N) is 1. The largest absolute Gasteiger partial charge is 0.395 e. The van der Waals surface area contributed by atoms with Crippen molar-refractivity contribution in [1.82, 2.24) is 4.98 Å². The number of carbonyl (C=O) groups excluding carboxylic acids is 1. The number of aromatic nitrogens is 1. The van der Waals surface area contributed by atoms with Crippen molar-refractivity contribution in [3.8, 4) is 0 Å². The zero-order chi connectivity index (χ0) is 24.1. The summed E-state index contributed by atoms with van der Waals surface area (Å²) in [7, 11) is 16.6. The Hall–Kier alpha value is -1.66. The van der Waals surface area contributed by atoms with E-state index in [4.69, 9.17) is 34.4 Å². The lowest BCUT2D eigenvalue weighted by atomic mass is 9.51. The third-order valence-electron chi connectivity index (χ3n) is 5.51. The molecule has 0 spiro atoms. The van der Waals surface area contributed by atoms with E-state index in [0.717, 1.165) is 22.5 Å². The van der Waals surface area contributed by atoms with Crippen LogP contribution in [0.25, 0.3) is 0 Å². The number of nitrogens with one attached hydrogen (secondary N) is 1. The molecular formula is C19H23B3N4O4S2. The molecule has 7 N–H and O–H groups in total. The van der Waals surface area contributed by atoms with Gasteiger partial charge in [0, 0.05) is 11.2 Å². The number of carbonyl (C=O) groups is 1. The van der Waals surface area contributed by atoms with Gasteiger partial charge in [0.2, 0.25) is 0 Å². The van der Waals surface area contributed by atoms with Crippen molar-refractivity contribution in [1.29, 1.82) is 0 Å². The Balaban J connectivity index is 0.000000207. The Morgan fingerprint density at radius 2 is 1.84 bits per heavy atom. The number of anilines is 1. The quantitative estimate of drug-likeness (QED) is 0.409. The number of thiazole rings is 1. The van der Waals surface area contributed by atoms with E-state index in [1.807, 2.05) is 0 Å². The van der Waals surface area contributed by atoms with E-state index < -0.39 is 33.3 Å². The molecule has 0 bridgehead atoms. The number of hydrogen-bond acceptors (Lipinski definition) is 6. The molecule has 1 aromatic carbocycles. The predicted molar refractivity (Wildman–Crippen MR) is 127 cm³/mol. The predicted octanol–water partition coefficient (Wildman–Crippen LogP) is 0.225. The average molecular weight is 468 g/mol. The van der Waals surface area contributed by atoms with E-state index in [0.29, 0.717) is 51.7 Å². The molecule has 0 saturated heterocycles. The summed E-state index contributed by atoms with van der Waals surface area (Å²) in [6, 6.07) is 1.12. The van der Waals surface area contributed by atoms with E-state index in [1.54, 1.807) is 19.9 Å². The Bertz CT molecular complexity index is 1040. The summed E-state index contributed by atoms with van der Waals surface area (Å²) >= 11 is 1.16. The molecule has 2 atom stereocenters. The normalized spacial score (nSPS) is 21.8. The van der Waals surface area contributed by atoms with Gasteiger partial charge < -0.3 is 21.3 Å². The maximum Gasteiger partial charge on any atom is 0.316 e. The molecule has 0 fully saturated rings. The molecule has 0 aliphatic heterocycles. The molecule has 8 nitrogen and oxygen atoms in total. The third kappa shape index (κ3) is 4.96. The SMILES string of the molecule is CC(C)(O)c1ncc(S(N)=O)s1.[B]C1([B])CCc2c1cc1c(c2NC(N)=O)CCC1([B])O. The van der Waals surface area contributed by atoms with E-state index in [9.17, 15) is 19.2 Å². The van der Waals surface area contributed by atoms with Crippen molar-refractivity contribution in [3.63, 3.8) is 0 Å². The van der Waals surface area contributed by atoms with Gasteiger partial charge in [-0.1, -0.05) is 23.3 Å². The maximum absolute atomic E-state index is 11.2. The molecule has 6 radical (unpaired) electrons. The fourth-order valence-electron chi connectivity index (χ4n) is 3.92. The van der Waals surface area contributed by atoms with Gasteiger partial charge in [0.1, 0.15) is 33.6 Å². The highest BCUT2D eigenvalue weighted by Crippen LogP contribution is 2.47. The van der Waals surface area contributed by atoms with Crippen LogP contribution in [0.4, 0.5) is 10.5 Å². The highest BCUT2D eigenvalue weighted by Gasteiger charge is 2.39. The number of amides is 2. The van der Waals surface area contributed by atoms with Crippen LogP contribution in [0, 0.1) is 0 Å². The topological polar surface area (TPSA) is 152 Å². The van der Waals surface area contributed by atoms with Crippen LogP contribution in [0.3, 0.4) is 0 Å². The second-order valence-electron chi connectivity index (χ2n) is 8.60. The molecule has 164 valence electrons. The fraction of sp³-hybridized carbons (Fsp3) is 0.474. The van der Waals surface area contributed by atoms with Crippen LogP contribution in [0.2, 0.25) is 0 Å². The first-order chi connectivity index (χ1) is 14.6. The van der Waals surface area contributed by atoms with Gasteiger partial charge in [-0.15, -0.1) is 11.3 Å². The lowest BCUT2D eigenvalue weighted by molar-refractivity contribution is 0.0783. The molecule has 2 aromatic rings. The van der Waals surface area contributed by atoms with Gasteiger partial charge in [0.05, 0.1) is 21.9 Å². The number of urea groups is 1. The van der Waals surface area contributed by atoms with Crippen LogP contribution in [-0.4, -0.2) is 49.0 Å². The van der Waals surface area contributed by atoms with Crippen LogP contribution in [0.1, 0.15) is 54.0 Å². The van der Waals surface area contributed by atoms with E-state index in [-0.39, 0.29) is 0 Å². The highest BCUT2D eigenvalue weighted by molar-refractivity contribution is 7.85. The van der Waals surface area contributed by atoms with Crippen LogP contribution in [0.15, 0.2) is 16.5 Å². The number of fused-ring (bicyclic) bond motifs is 2. The van der Waals surface area contributed by atoms with Crippen LogP contribution >= 0.6 is 11.3 Å².